The molecule has 0 radical (unpaired) electrons. The summed E-state index contributed by atoms with van der Waals surface area (Å²) in [7, 11) is 1.94. The standard InChI is InChI=1S/C18H33ClN2O5S.ClH.H2O/c1-5-6-10-7-11(21(3)8-10)17(25)20-12(9(2)19)16-14(23)13(22)15(24)18(26-16)27-4;;/h9-16,18,22-24H,5-8H2,1-4H3,(H,20,25);1H;1H2/t9-,10+,11?,12+,13-,14+,15+,16?,18+;;/m0../s1. The molecule has 0 aromatic heterocycles. The van der Waals surface area contributed by atoms with Gasteiger partial charge in [-0.3, -0.25) is 9.69 Å². The molecule has 9 atom stereocenters. The molecule has 2 saturated heterocycles. The predicted molar refractivity (Wildman–Crippen MR) is 118 cm³/mol. The van der Waals surface area contributed by atoms with Gasteiger partial charge in [-0.15, -0.1) is 35.8 Å². The third kappa shape index (κ3) is 6.82. The van der Waals surface area contributed by atoms with Crippen molar-refractivity contribution in [3.8, 4) is 0 Å². The van der Waals surface area contributed by atoms with Gasteiger partial charge in [0.05, 0.1) is 17.5 Å². The van der Waals surface area contributed by atoms with Gasteiger partial charge in [-0.05, 0) is 39.0 Å². The van der Waals surface area contributed by atoms with Gasteiger partial charge in [-0.25, -0.2) is 0 Å². The van der Waals surface area contributed by atoms with Gasteiger partial charge in [0.2, 0.25) is 5.91 Å². The summed E-state index contributed by atoms with van der Waals surface area (Å²) in [5, 5.41) is 33.0. The maximum Gasteiger partial charge on any atom is 0.237 e. The van der Waals surface area contributed by atoms with Gasteiger partial charge in [-0.1, -0.05) is 13.3 Å². The van der Waals surface area contributed by atoms with E-state index in [1.807, 2.05) is 11.9 Å². The number of aliphatic hydroxyl groups is 3. The molecule has 0 aromatic rings. The fraction of sp³-hybridized carbons (Fsp3) is 0.944. The van der Waals surface area contributed by atoms with Crippen LogP contribution in [0.5, 0.6) is 0 Å². The van der Waals surface area contributed by atoms with Crippen LogP contribution in [0.25, 0.3) is 0 Å². The average Bonchev–Trinajstić information content (AvgIpc) is 2.99. The first-order valence-electron chi connectivity index (χ1n) is 9.58. The van der Waals surface area contributed by atoms with E-state index in [0.29, 0.717) is 5.92 Å². The Morgan fingerprint density at radius 2 is 1.93 bits per heavy atom. The van der Waals surface area contributed by atoms with Crippen molar-refractivity contribution in [2.45, 2.75) is 80.4 Å². The number of hydrogen-bond donors (Lipinski definition) is 4. The molecule has 29 heavy (non-hydrogen) atoms. The summed E-state index contributed by atoms with van der Waals surface area (Å²) in [5.41, 5.74) is -0.702. The minimum Gasteiger partial charge on any atom is -0.412 e. The predicted octanol–water partition coefficient (Wildman–Crippen LogP) is -0.0134. The van der Waals surface area contributed by atoms with Crippen LogP contribution in [0.15, 0.2) is 0 Å². The van der Waals surface area contributed by atoms with Gasteiger partial charge in [0.15, 0.2) is 0 Å². The van der Waals surface area contributed by atoms with Crippen LogP contribution in [-0.2, 0) is 9.53 Å². The zero-order valence-corrected chi connectivity index (χ0v) is 19.7. The summed E-state index contributed by atoms with van der Waals surface area (Å²) >= 11 is 7.55. The molecule has 0 saturated carbocycles. The number of nitrogens with one attached hydrogen (secondary N) is 1. The van der Waals surface area contributed by atoms with Crippen LogP contribution in [-0.4, -0.2) is 98.8 Å². The second kappa shape index (κ2) is 12.9. The quantitative estimate of drug-likeness (QED) is 0.378. The van der Waals surface area contributed by atoms with Crippen LogP contribution >= 0.6 is 35.8 Å². The van der Waals surface area contributed by atoms with E-state index in [1.54, 1.807) is 13.2 Å². The molecule has 0 aliphatic carbocycles. The minimum absolute atomic E-state index is 0. The molecule has 8 nitrogen and oxygen atoms in total. The molecule has 6 N–H and O–H groups in total. The lowest BCUT2D eigenvalue weighted by Gasteiger charge is -2.44. The number of nitrogens with zero attached hydrogens (tertiary/aromatic N) is 1. The van der Waals surface area contributed by atoms with Crippen LogP contribution in [0.1, 0.15) is 33.1 Å². The first kappa shape index (κ1) is 29.2. The number of hydrogen-bond acceptors (Lipinski definition) is 7. The van der Waals surface area contributed by atoms with E-state index in [1.165, 1.54) is 11.8 Å². The maximum atomic E-state index is 12.9. The van der Waals surface area contributed by atoms with E-state index >= 15 is 0 Å². The Morgan fingerprint density at radius 1 is 1.31 bits per heavy atom. The van der Waals surface area contributed by atoms with Crippen LogP contribution in [0.2, 0.25) is 0 Å². The number of ether oxygens (including phenoxy) is 1. The van der Waals surface area contributed by atoms with Crippen molar-refractivity contribution in [3.05, 3.63) is 0 Å². The average molecular weight is 479 g/mol. The van der Waals surface area contributed by atoms with Crippen LogP contribution in [0.3, 0.4) is 0 Å². The molecule has 2 aliphatic rings. The molecule has 2 aliphatic heterocycles. The number of likely N-dealkylation sites (tertiary alicyclic amines) is 1. The smallest absolute Gasteiger partial charge is 0.237 e. The highest BCUT2D eigenvalue weighted by atomic mass is 35.5. The largest absolute Gasteiger partial charge is 0.412 e. The number of carbonyl (C=O) groups is 1. The summed E-state index contributed by atoms with van der Waals surface area (Å²) in [6.45, 7) is 4.74. The molecule has 0 aromatic carbocycles. The van der Waals surface area contributed by atoms with Gasteiger partial charge < -0.3 is 30.8 Å². The molecule has 0 spiro atoms. The number of carbonyl (C=O) groups excluding carboxylic acids is 1. The topological polar surface area (TPSA) is 134 Å². The molecule has 1 amide bonds. The van der Waals surface area contributed by atoms with Crippen molar-refractivity contribution in [1.82, 2.24) is 10.2 Å². The van der Waals surface area contributed by atoms with Crippen molar-refractivity contribution in [3.63, 3.8) is 0 Å². The molecule has 2 fully saturated rings. The lowest BCUT2D eigenvalue weighted by atomic mass is 9.92. The maximum absolute atomic E-state index is 12.9. The van der Waals surface area contributed by atoms with Crippen molar-refractivity contribution in [2.24, 2.45) is 5.92 Å². The Morgan fingerprint density at radius 3 is 2.45 bits per heavy atom. The third-order valence-corrected chi connectivity index (χ3v) is 6.76. The lowest BCUT2D eigenvalue weighted by molar-refractivity contribution is -0.205. The second-order valence-corrected chi connectivity index (χ2v) is 9.36. The van der Waals surface area contributed by atoms with Gasteiger partial charge >= 0.3 is 0 Å². The summed E-state index contributed by atoms with van der Waals surface area (Å²) < 4.78 is 5.79. The van der Waals surface area contributed by atoms with Crippen molar-refractivity contribution < 1.29 is 30.3 Å². The van der Waals surface area contributed by atoms with Crippen LogP contribution in [0.4, 0.5) is 0 Å². The zero-order valence-electron chi connectivity index (χ0n) is 17.3. The first-order chi connectivity index (χ1) is 12.7. The fourth-order valence-electron chi connectivity index (χ4n) is 4.11. The summed E-state index contributed by atoms with van der Waals surface area (Å²) in [6.07, 6.45) is -0.0980. The normalized spacial score (nSPS) is 37.2. The fourth-order valence-corrected chi connectivity index (χ4v) is 5.00. The van der Waals surface area contributed by atoms with E-state index in [-0.39, 0.29) is 29.8 Å². The molecule has 2 rings (SSSR count). The highest BCUT2D eigenvalue weighted by Gasteiger charge is 2.48. The van der Waals surface area contributed by atoms with E-state index in [0.717, 1.165) is 25.8 Å². The van der Waals surface area contributed by atoms with Crippen LogP contribution < -0.4 is 5.32 Å². The molecule has 174 valence electrons. The number of aliphatic hydroxyl groups excluding tert-OH is 3. The number of alkyl halides is 1. The third-order valence-electron chi connectivity index (χ3n) is 5.63. The summed E-state index contributed by atoms with van der Waals surface area (Å²) in [5.74, 6) is 0.350. The van der Waals surface area contributed by atoms with E-state index in [9.17, 15) is 20.1 Å². The number of rotatable bonds is 7. The molecule has 2 unspecified atom stereocenters. The van der Waals surface area contributed by atoms with Gasteiger partial charge in [0, 0.05) is 6.54 Å². The minimum atomic E-state index is -1.36. The number of amides is 1. The van der Waals surface area contributed by atoms with Gasteiger partial charge in [0.25, 0.3) is 0 Å². The van der Waals surface area contributed by atoms with E-state index in [2.05, 4.69) is 12.2 Å². The first-order valence-corrected chi connectivity index (χ1v) is 11.3. The number of thioether (sulfide) groups is 1. The zero-order chi connectivity index (χ0) is 20.3. The Hall–Kier alpha value is 0.160. The second-order valence-electron chi connectivity index (χ2n) is 7.73. The van der Waals surface area contributed by atoms with Crippen molar-refractivity contribution in [2.75, 3.05) is 19.8 Å². The molecular weight excluding hydrogens is 443 g/mol. The Labute approximate surface area is 188 Å². The molecule has 11 heteroatoms. The number of halogens is 2. The van der Waals surface area contributed by atoms with Crippen molar-refractivity contribution in [1.29, 1.82) is 0 Å². The van der Waals surface area contributed by atoms with Crippen molar-refractivity contribution >= 4 is 41.7 Å². The Balaban J connectivity index is 0.00000392. The SMILES string of the molecule is CCC[C@@H]1CC(C(=O)N[C@@H](C2O[C@H](SC)[C@H](O)[C@@H](O)[C@H]2O)[C@H](C)Cl)N(C)C1.Cl.O. The van der Waals surface area contributed by atoms with Gasteiger partial charge in [0.1, 0.15) is 29.9 Å². The molecule has 2 heterocycles. The monoisotopic (exact) mass is 478 g/mol. The van der Waals surface area contributed by atoms with Crippen LogP contribution in [0, 0.1) is 5.92 Å². The molecule has 0 bridgehead atoms. The highest BCUT2D eigenvalue weighted by Crippen LogP contribution is 2.31. The highest BCUT2D eigenvalue weighted by molar-refractivity contribution is 7.99. The lowest BCUT2D eigenvalue weighted by Crippen LogP contribution is -2.65. The Bertz CT molecular complexity index is 505. The van der Waals surface area contributed by atoms with Gasteiger partial charge in [-0.2, -0.15) is 0 Å². The number of likely N-dealkylation sites (N-methyl/N-ethyl adjacent to an activating group) is 1. The summed E-state index contributed by atoms with van der Waals surface area (Å²) in [4.78, 5) is 14.9. The molecular formula is C18H36Cl2N2O6S. The van der Waals surface area contributed by atoms with E-state index < -0.39 is 41.3 Å². The van der Waals surface area contributed by atoms with E-state index in [4.69, 9.17) is 16.3 Å². The summed E-state index contributed by atoms with van der Waals surface area (Å²) in [6, 6.07) is -0.934. The Kier molecular flexibility index (Phi) is 13.0.